The van der Waals surface area contributed by atoms with Gasteiger partial charge in [-0.3, -0.25) is 4.79 Å². The Bertz CT molecular complexity index is 1170. The lowest BCUT2D eigenvalue weighted by molar-refractivity contribution is -0.222. The van der Waals surface area contributed by atoms with Crippen LogP contribution in [0.3, 0.4) is 0 Å². The van der Waals surface area contributed by atoms with Gasteiger partial charge >= 0.3 is 0 Å². The molecule has 188 valence electrons. The number of rotatable bonds is 2. The van der Waals surface area contributed by atoms with Crippen LogP contribution >= 0.6 is 12.6 Å². The zero-order valence-electron chi connectivity index (χ0n) is 19.8. The van der Waals surface area contributed by atoms with E-state index in [1.165, 1.54) is 24.5 Å². The van der Waals surface area contributed by atoms with Crippen molar-refractivity contribution in [2.24, 2.45) is 33.4 Å². The fraction of sp³-hybridized carbons (Fsp3) is 0.577. The van der Waals surface area contributed by atoms with Crippen molar-refractivity contribution in [3.8, 4) is 0 Å². The van der Waals surface area contributed by atoms with Crippen LogP contribution in [0.5, 0.6) is 0 Å². The molecule has 0 aliphatic heterocycles. The summed E-state index contributed by atoms with van der Waals surface area (Å²) in [6, 6.07) is 2.74. The van der Waals surface area contributed by atoms with Crippen LogP contribution in [0.2, 0.25) is 0 Å². The lowest BCUT2D eigenvalue weighted by atomic mass is 9.43. The number of aliphatic hydroxyl groups is 2. The number of nitrogens with zero attached hydrogens (tertiary/aromatic N) is 2. The van der Waals surface area contributed by atoms with Crippen LogP contribution < -0.4 is 5.73 Å². The van der Waals surface area contributed by atoms with Gasteiger partial charge in [-0.2, -0.15) is 4.39 Å². The van der Waals surface area contributed by atoms with Gasteiger partial charge in [0.05, 0.1) is 23.7 Å². The van der Waals surface area contributed by atoms with Crippen molar-refractivity contribution in [1.82, 2.24) is 4.98 Å². The molecule has 1 aromatic rings. The van der Waals surface area contributed by atoms with E-state index in [9.17, 15) is 19.4 Å². The molecule has 9 heteroatoms. The van der Waals surface area contributed by atoms with Gasteiger partial charge in [-0.05, 0) is 74.4 Å². The SMILES string of the molecule is C[C@]12CC(=CN)C(=Nc3ccc(F)nc3)C=C1CC[C@H]1[C@@H]3CC[C@](O)(C(=O)S)[C@@]3(C)C[C@H](O)[C@@]12F. The molecule has 0 unspecified atom stereocenters. The maximum absolute atomic E-state index is 17.5. The van der Waals surface area contributed by atoms with E-state index >= 15 is 4.39 Å². The van der Waals surface area contributed by atoms with Crippen LogP contribution in [-0.4, -0.2) is 43.4 Å². The second-order valence-corrected chi connectivity index (χ2v) is 11.5. The molecule has 0 aromatic carbocycles. The molecule has 0 saturated heterocycles. The molecule has 6 nitrogen and oxygen atoms in total. The molecular formula is C26H31F2N3O3S. The van der Waals surface area contributed by atoms with Gasteiger partial charge in [-0.25, -0.2) is 14.4 Å². The normalized spacial score (nSPS) is 45.0. The molecule has 35 heavy (non-hydrogen) atoms. The van der Waals surface area contributed by atoms with Crippen molar-refractivity contribution in [2.75, 3.05) is 0 Å². The summed E-state index contributed by atoms with van der Waals surface area (Å²) in [6.07, 6.45) is 5.21. The number of thiol groups is 1. The van der Waals surface area contributed by atoms with Gasteiger partial charge in [0, 0.05) is 16.7 Å². The fourth-order valence-corrected chi connectivity index (χ4v) is 8.10. The number of nitrogens with two attached hydrogens (primary N) is 1. The van der Waals surface area contributed by atoms with Gasteiger partial charge in [0.25, 0.3) is 0 Å². The molecule has 1 aromatic heterocycles. The van der Waals surface area contributed by atoms with E-state index in [0.29, 0.717) is 36.2 Å². The first kappa shape index (κ1) is 24.6. The van der Waals surface area contributed by atoms with Gasteiger partial charge in [0.1, 0.15) is 11.3 Å². The zero-order valence-corrected chi connectivity index (χ0v) is 20.7. The molecule has 3 saturated carbocycles. The largest absolute Gasteiger partial charge is 0.404 e. The highest BCUT2D eigenvalue weighted by molar-refractivity contribution is 7.96. The highest BCUT2D eigenvalue weighted by Crippen LogP contribution is 2.70. The molecule has 1 heterocycles. The van der Waals surface area contributed by atoms with Crippen LogP contribution in [-0.2, 0) is 4.79 Å². The maximum atomic E-state index is 17.5. The van der Waals surface area contributed by atoms with Crippen molar-refractivity contribution in [2.45, 2.75) is 69.7 Å². The molecule has 4 N–H and O–H groups in total. The van der Waals surface area contributed by atoms with E-state index in [4.69, 9.17) is 5.73 Å². The minimum Gasteiger partial charge on any atom is -0.404 e. The summed E-state index contributed by atoms with van der Waals surface area (Å²) < 4.78 is 30.7. The Morgan fingerprint density at radius 2 is 2.06 bits per heavy atom. The number of aliphatic imine (C=N–C) groups is 1. The summed E-state index contributed by atoms with van der Waals surface area (Å²) in [5.74, 6) is -1.40. The Morgan fingerprint density at radius 1 is 1.31 bits per heavy atom. The second kappa shape index (κ2) is 7.95. The topological polar surface area (TPSA) is 109 Å². The van der Waals surface area contributed by atoms with Crippen LogP contribution in [0.25, 0.3) is 0 Å². The molecule has 5 rings (SSSR count). The summed E-state index contributed by atoms with van der Waals surface area (Å²) >= 11 is 3.96. The Kier molecular flexibility index (Phi) is 5.58. The molecule has 7 atom stereocenters. The number of hydrogen-bond donors (Lipinski definition) is 4. The average molecular weight is 504 g/mol. The molecule has 0 radical (unpaired) electrons. The number of aliphatic hydroxyl groups excluding tert-OH is 1. The number of allylic oxidation sites excluding steroid dienone is 3. The first-order chi connectivity index (χ1) is 16.4. The Morgan fingerprint density at radius 3 is 2.69 bits per heavy atom. The molecule has 4 aliphatic carbocycles. The number of aromatic nitrogens is 1. The summed E-state index contributed by atoms with van der Waals surface area (Å²) in [7, 11) is 0. The lowest BCUT2D eigenvalue weighted by Crippen LogP contribution is -2.69. The second-order valence-electron chi connectivity index (χ2n) is 11.1. The van der Waals surface area contributed by atoms with Crippen molar-refractivity contribution >= 4 is 29.1 Å². The van der Waals surface area contributed by atoms with Crippen molar-refractivity contribution in [3.05, 3.63) is 47.7 Å². The Labute approximate surface area is 208 Å². The summed E-state index contributed by atoms with van der Waals surface area (Å²) in [5, 5.41) is 22.0. The number of alkyl halides is 1. The number of hydrogen-bond acceptors (Lipinski definition) is 6. The molecule has 4 aliphatic rings. The summed E-state index contributed by atoms with van der Waals surface area (Å²) in [5.41, 5.74) is 2.83. The van der Waals surface area contributed by atoms with E-state index in [1.807, 2.05) is 13.0 Å². The minimum absolute atomic E-state index is 0.0276. The monoisotopic (exact) mass is 503 g/mol. The van der Waals surface area contributed by atoms with E-state index in [0.717, 1.165) is 5.57 Å². The fourth-order valence-electron chi connectivity index (χ4n) is 7.73. The van der Waals surface area contributed by atoms with Crippen molar-refractivity contribution in [1.29, 1.82) is 0 Å². The van der Waals surface area contributed by atoms with Gasteiger partial charge < -0.3 is 15.9 Å². The van der Waals surface area contributed by atoms with Crippen molar-refractivity contribution < 1.29 is 23.8 Å². The minimum atomic E-state index is -1.97. The highest BCUT2D eigenvalue weighted by atomic mass is 32.1. The summed E-state index contributed by atoms with van der Waals surface area (Å²) in [6.45, 7) is 3.63. The molecule has 0 spiro atoms. The average Bonchev–Trinajstić information content (AvgIpc) is 3.08. The number of carbonyl (C=O) groups is 1. The van der Waals surface area contributed by atoms with Gasteiger partial charge in [0.15, 0.2) is 0 Å². The number of halogens is 2. The quantitative estimate of drug-likeness (QED) is 0.361. The number of pyridine rings is 1. The predicted octanol–water partition coefficient (Wildman–Crippen LogP) is 3.96. The standard InChI is InChI=1S/C26H31F2N3O3S/c1-23-10-14(12-29)19(31-16-4-6-21(27)30-13-16)9-15(23)3-5-18-17-7-8-25(34,22(33)35)24(17,2)11-20(32)26(18,23)28/h4,6,9,12-13,17-18,20,32,34H,3,5,7-8,10-11,29H2,1-2H3,(H,33,35)/t17-,18-,20-,23-,24-,25-,26-/m0/s1. The van der Waals surface area contributed by atoms with E-state index in [-0.39, 0.29) is 25.2 Å². The molecule has 0 bridgehead atoms. The van der Waals surface area contributed by atoms with Crippen molar-refractivity contribution in [3.63, 3.8) is 0 Å². The Hall–Kier alpha value is -2.10. The lowest BCUT2D eigenvalue weighted by Gasteiger charge is -2.63. The van der Waals surface area contributed by atoms with Gasteiger partial charge in [0.2, 0.25) is 11.1 Å². The van der Waals surface area contributed by atoms with Crippen LogP contribution in [0, 0.1) is 28.6 Å². The van der Waals surface area contributed by atoms with E-state index in [1.54, 1.807) is 6.92 Å². The van der Waals surface area contributed by atoms with E-state index in [2.05, 4.69) is 22.6 Å². The first-order valence-electron chi connectivity index (χ1n) is 12.1. The van der Waals surface area contributed by atoms with Crippen LogP contribution in [0.1, 0.15) is 52.4 Å². The Balaban J connectivity index is 1.57. The first-order valence-corrected chi connectivity index (χ1v) is 12.5. The third-order valence-electron chi connectivity index (χ3n) is 9.69. The maximum Gasteiger partial charge on any atom is 0.218 e. The number of fused-ring (bicyclic) bond motifs is 5. The van der Waals surface area contributed by atoms with E-state index < -0.39 is 45.2 Å². The predicted molar refractivity (Wildman–Crippen MR) is 131 cm³/mol. The number of carbonyl (C=O) groups excluding carboxylic acids is 1. The van der Waals surface area contributed by atoms with Crippen LogP contribution in [0.4, 0.5) is 14.5 Å². The zero-order chi connectivity index (χ0) is 25.4. The third-order valence-corrected chi connectivity index (χ3v) is 10.1. The van der Waals surface area contributed by atoms with Gasteiger partial charge in [-0.1, -0.05) is 19.4 Å². The van der Waals surface area contributed by atoms with Crippen LogP contribution in [0.15, 0.2) is 46.7 Å². The van der Waals surface area contributed by atoms with Gasteiger partial charge in [-0.15, -0.1) is 12.6 Å². The summed E-state index contributed by atoms with van der Waals surface area (Å²) in [4.78, 5) is 20.5. The smallest absolute Gasteiger partial charge is 0.218 e. The molecule has 0 amide bonds. The highest BCUT2D eigenvalue weighted by Gasteiger charge is 2.74. The molecule has 3 fully saturated rings. The molecular weight excluding hydrogens is 472 g/mol. The third kappa shape index (κ3) is 3.17.